The summed E-state index contributed by atoms with van der Waals surface area (Å²) in [7, 11) is -2.77. The van der Waals surface area contributed by atoms with Crippen LogP contribution in [0.4, 0.5) is 8.78 Å². The number of aliphatic hydroxyl groups is 1. The largest absolute Gasteiger partial charge is 0.390 e. The van der Waals surface area contributed by atoms with E-state index in [1.165, 1.54) is 7.05 Å². The molecule has 8 heteroatoms. The molecule has 0 spiro atoms. The van der Waals surface area contributed by atoms with Gasteiger partial charge in [0.25, 0.3) is 0 Å². The lowest BCUT2D eigenvalue weighted by Gasteiger charge is -2.25. The van der Waals surface area contributed by atoms with Crippen LogP contribution in [0.5, 0.6) is 0 Å². The highest BCUT2D eigenvalue weighted by Crippen LogP contribution is 2.21. The van der Waals surface area contributed by atoms with Crippen molar-refractivity contribution in [2.45, 2.75) is 17.0 Å². The molecule has 0 unspecified atom stereocenters. The van der Waals surface area contributed by atoms with Crippen LogP contribution in [0.25, 0.3) is 0 Å². The minimum atomic E-state index is -4.05. The number of hydrogen-bond acceptors (Lipinski definition) is 4. The predicted octanol–water partition coefficient (Wildman–Crippen LogP) is -0.0820. The highest BCUT2D eigenvalue weighted by atomic mass is 32.2. The number of benzene rings is 1. The fourth-order valence-corrected chi connectivity index (χ4v) is 3.47. The predicted molar refractivity (Wildman–Crippen MR) is 64.0 cm³/mol. The summed E-state index contributed by atoms with van der Waals surface area (Å²) in [5, 5.41) is 12.5. The Hall–Kier alpha value is -1.09. The quantitative estimate of drug-likeness (QED) is 0.817. The average Bonchev–Trinajstić information content (AvgIpc) is 2.73. The summed E-state index contributed by atoms with van der Waals surface area (Å²) in [4.78, 5) is -0.466. The first kappa shape index (κ1) is 14.3. The maximum atomic E-state index is 13.1. The van der Waals surface area contributed by atoms with Crippen LogP contribution in [-0.4, -0.2) is 50.1 Å². The molecule has 106 valence electrons. The average molecular weight is 292 g/mol. The summed E-state index contributed by atoms with van der Waals surface area (Å²) in [6.45, 7) is 0.566. The molecule has 19 heavy (non-hydrogen) atoms. The van der Waals surface area contributed by atoms with E-state index in [1.807, 2.05) is 0 Å². The zero-order chi connectivity index (χ0) is 14.2. The molecule has 1 saturated heterocycles. The Kier molecular flexibility index (Phi) is 3.86. The molecule has 1 heterocycles. The standard InChI is InChI=1S/C11H14F2N2O3S/c1-15(10-5-14-6-11(10)16)19(17,18)9-3-7(12)2-8(13)4-9/h2-4,10-11,14,16H,5-6H2,1H3/t10-,11-/m1/s1. The molecular weight excluding hydrogens is 278 g/mol. The van der Waals surface area contributed by atoms with Gasteiger partial charge in [0.05, 0.1) is 17.0 Å². The topological polar surface area (TPSA) is 69.6 Å². The van der Waals surface area contributed by atoms with Crippen molar-refractivity contribution < 1.29 is 22.3 Å². The number of nitrogens with zero attached hydrogens (tertiary/aromatic N) is 1. The molecule has 0 saturated carbocycles. The van der Waals surface area contributed by atoms with Crippen molar-refractivity contribution in [3.63, 3.8) is 0 Å². The molecule has 2 N–H and O–H groups in total. The smallest absolute Gasteiger partial charge is 0.243 e. The van der Waals surface area contributed by atoms with Gasteiger partial charge in [-0.25, -0.2) is 17.2 Å². The van der Waals surface area contributed by atoms with Crippen molar-refractivity contribution >= 4 is 10.0 Å². The third kappa shape index (κ3) is 2.76. The van der Waals surface area contributed by atoms with Crippen molar-refractivity contribution in [1.82, 2.24) is 9.62 Å². The van der Waals surface area contributed by atoms with Gasteiger partial charge >= 0.3 is 0 Å². The fourth-order valence-electron chi connectivity index (χ4n) is 2.04. The van der Waals surface area contributed by atoms with E-state index in [-0.39, 0.29) is 13.1 Å². The molecule has 0 amide bonds. The Labute approximate surface area is 109 Å². The van der Waals surface area contributed by atoms with Gasteiger partial charge in [-0.15, -0.1) is 0 Å². The van der Waals surface area contributed by atoms with E-state index in [1.54, 1.807) is 0 Å². The molecule has 1 aromatic rings. The third-order valence-corrected chi connectivity index (χ3v) is 4.99. The second kappa shape index (κ2) is 5.12. The van der Waals surface area contributed by atoms with Gasteiger partial charge in [0.15, 0.2) is 0 Å². The summed E-state index contributed by atoms with van der Waals surface area (Å²) in [5.41, 5.74) is 0. The van der Waals surface area contributed by atoms with E-state index in [2.05, 4.69) is 5.32 Å². The van der Waals surface area contributed by atoms with Crippen molar-refractivity contribution in [2.24, 2.45) is 0 Å². The molecule has 2 rings (SSSR count). The first-order chi connectivity index (χ1) is 8.82. The summed E-state index contributed by atoms with van der Waals surface area (Å²) in [5.74, 6) is -1.92. The molecule has 0 aromatic heterocycles. The lowest BCUT2D eigenvalue weighted by atomic mass is 10.2. The lowest BCUT2D eigenvalue weighted by Crippen LogP contribution is -2.44. The van der Waals surface area contributed by atoms with Gasteiger partial charge in [-0.05, 0) is 12.1 Å². The molecule has 0 aliphatic carbocycles. The van der Waals surface area contributed by atoms with Crippen LogP contribution < -0.4 is 5.32 Å². The Morgan fingerprint density at radius 1 is 1.26 bits per heavy atom. The molecule has 1 aliphatic heterocycles. The van der Waals surface area contributed by atoms with Crippen LogP contribution in [0.3, 0.4) is 0 Å². The van der Waals surface area contributed by atoms with E-state index in [9.17, 15) is 22.3 Å². The van der Waals surface area contributed by atoms with Gasteiger partial charge in [-0.3, -0.25) is 0 Å². The second-order valence-electron chi connectivity index (χ2n) is 4.42. The normalized spacial score (nSPS) is 24.1. The van der Waals surface area contributed by atoms with E-state index < -0.39 is 38.7 Å². The molecule has 1 fully saturated rings. The zero-order valence-electron chi connectivity index (χ0n) is 10.2. The molecule has 1 aromatic carbocycles. The Morgan fingerprint density at radius 3 is 2.32 bits per heavy atom. The van der Waals surface area contributed by atoms with Crippen LogP contribution in [0.15, 0.2) is 23.1 Å². The molecule has 0 bridgehead atoms. The van der Waals surface area contributed by atoms with E-state index >= 15 is 0 Å². The number of sulfonamides is 1. The van der Waals surface area contributed by atoms with Gasteiger partial charge in [-0.1, -0.05) is 0 Å². The summed E-state index contributed by atoms with van der Waals surface area (Å²) in [6.07, 6.45) is -0.849. The van der Waals surface area contributed by atoms with Crippen LogP contribution in [-0.2, 0) is 10.0 Å². The van der Waals surface area contributed by atoms with E-state index in [0.29, 0.717) is 6.07 Å². The number of halogens is 2. The highest BCUT2D eigenvalue weighted by molar-refractivity contribution is 7.89. The second-order valence-corrected chi connectivity index (χ2v) is 6.42. The number of rotatable bonds is 3. The number of nitrogens with one attached hydrogen (secondary N) is 1. The molecule has 5 nitrogen and oxygen atoms in total. The fraction of sp³-hybridized carbons (Fsp3) is 0.455. The minimum Gasteiger partial charge on any atom is -0.390 e. The van der Waals surface area contributed by atoms with Crippen LogP contribution in [0, 0.1) is 11.6 Å². The molecule has 2 atom stereocenters. The maximum absolute atomic E-state index is 13.1. The number of likely N-dealkylation sites (N-methyl/N-ethyl adjacent to an activating group) is 1. The van der Waals surface area contributed by atoms with Crippen molar-refractivity contribution in [1.29, 1.82) is 0 Å². The molecular formula is C11H14F2N2O3S. The SMILES string of the molecule is CN([C@@H]1CNC[C@H]1O)S(=O)(=O)c1cc(F)cc(F)c1. The summed E-state index contributed by atoms with van der Waals surface area (Å²) >= 11 is 0. The maximum Gasteiger partial charge on any atom is 0.243 e. The molecule has 0 radical (unpaired) electrons. The van der Waals surface area contributed by atoms with Gasteiger partial charge < -0.3 is 10.4 Å². The van der Waals surface area contributed by atoms with Crippen molar-refractivity contribution in [2.75, 3.05) is 20.1 Å². The Balaban J connectivity index is 2.36. The van der Waals surface area contributed by atoms with Gasteiger partial charge in [0, 0.05) is 26.2 Å². The van der Waals surface area contributed by atoms with Crippen LogP contribution >= 0.6 is 0 Å². The monoisotopic (exact) mass is 292 g/mol. The van der Waals surface area contributed by atoms with Gasteiger partial charge in [0.2, 0.25) is 10.0 Å². The Bertz CT molecular complexity index is 559. The summed E-state index contributed by atoms with van der Waals surface area (Å²) < 4.78 is 51.6. The van der Waals surface area contributed by atoms with Gasteiger partial charge in [-0.2, -0.15) is 4.31 Å². The van der Waals surface area contributed by atoms with Crippen molar-refractivity contribution in [3.05, 3.63) is 29.8 Å². The number of β-amino-alcohol motifs (C(OH)–C–C–N with tert-alkyl or cyclic N) is 1. The first-order valence-corrected chi connectivity index (χ1v) is 7.09. The van der Waals surface area contributed by atoms with E-state index in [0.717, 1.165) is 16.4 Å². The van der Waals surface area contributed by atoms with Crippen LogP contribution in [0.2, 0.25) is 0 Å². The van der Waals surface area contributed by atoms with Crippen LogP contribution in [0.1, 0.15) is 0 Å². The number of aliphatic hydroxyl groups excluding tert-OH is 1. The number of hydrogen-bond donors (Lipinski definition) is 2. The van der Waals surface area contributed by atoms with E-state index in [4.69, 9.17) is 0 Å². The minimum absolute atomic E-state index is 0.280. The van der Waals surface area contributed by atoms with Crippen molar-refractivity contribution in [3.8, 4) is 0 Å². The zero-order valence-corrected chi connectivity index (χ0v) is 11.0. The Morgan fingerprint density at radius 2 is 1.84 bits per heavy atom. The first-order valence-electron chi connectivity index (χ1n) is 5.65. The lowest BCUT2D eigenvalue weighted by molar-refractivity contribution is 0.136. The van der Waals surface area contributed by atoms with Gasteiger partial charge in [0.1, 0.15) is 11.6 Å². The third-order valence-electron chi connectivity index (χ3n) is 3.13. The highest BCUT2D eigenvalue weighted by Gasteiger charge is 2.36. The molecule has 1 aliphatic rings. The summed E-state index contributed by atoms with van der Waals surface area (Å²) in [6, 6.07) is 1.45.